The van der Waals surface area contributed by atoms with Gasteiger partial charge in [-0.3, -0.25) is 0 Å². The molecule has 1 heterocycles. The zero-order valence-corrected chi connectivity index (χ0v) is 12.9. The molecule has 2 N–H and O–H groups in total. The number of likely N-dealkylation sites (tertiary alicyclic amines) is 1. The van der Waals surface area contributed by atoms with Crippen molar-refractivity contribution in [3.05, 3.63) is 0 Å². The molecule has 2 aliphatic carbocycles. The summed E-state index contributed by atoms with van der Waals surface area (Å²) in [6.45, 7) is 2.28. The Labute approximate surface area is 124 Å². The summed E-state index contributed by atoms with van der Waals surface area (Å²) in [4.78, 5) is 7.17. The average molecular weight is 277 g/mol. The molecule has 2 saturated carbocycles. The van der Waals surface area contributed by atoms with Gasteiger partial charge in [0.05, 0.1) is 6.04 Å². The molecule has 3 fully saturated rings. The molecule has 0 radical (unpaired) electrons. The van der Waals surface area contributed by atoms with Crippen LogP contribution in [0.4, 0.5) is 0 Å². The van der Waals surface area contributed by atoms with Gasteiger partial charge in [-0.15, -0.1) is 0 Å². The van der Waals surface area contributed by atoms with E-state index in [0.29, 0.717) is 11.5 Å². The molecule has 3 nitrogen and oxygen atoms in total. The summed E-state index contributed by atoms with van der Waals surface area (Å²) in [5.74, 6) is 0.836. The maximum absolute atomic E-state index is 6.27. The fourth-order valence-corrected chi connectivity index (χ4v) is 4.49. The monoisotopic (exact) mass is 277 g/mol. The van der Waals surface area contributed by atoms with Crippen LogP contribution in [0, 0.1) is 5.41 Å². The van der Waals surface area contributed by atoms with Gasteiger partial charge in [-0.2, -0.15) is 0 Å². The zero-order valence-electron chi connectivity index (χ0n) is 12.9. The molecule has 3 aliphatic rings. The molecule has 1 saturated heterocycles. The van der Waals surface area contributed by atoms with E-state index in [9.17, 15) is 0 Å². The van der Waals surface area contributed by atoms with Gasteiger partial charge in [0.1, 0.15) is 0 Å². The van der Waals surface area contributed by atoms with Gasteiger partial charge in [0, 0.05) is 13.1 Å². The second-order valence-electron chi connectivity index (χ2n) is 7.33. The fraction of sp³-hybridized carbons (Fsp3) is 0.941. The summed E-state index contributed by atoms with van der Waals surface area (Å²) in [6.07, 6.45) is 16.5. The quantitative estimate of drug-likeness (QED) is 0.587. The molecule has 0 bridgehead atoms. The van der Waals surface area contributed by atoms with Crippen LogP contribution in [0.25, 0.3) is 0 Å². The normalized spacial score (nSPS) is 28.8. The highest BCUT2D eigenvalue weighted by atomic mass is 15.3. The van der Waals surface area contributed by atoms with Gasteiger partial charge in [0.25, 0.3) is 0 Å². The molecular formula is C17H31N3. The molecule has 0 aromatic heterocycles. The van der Waals surface area contributed by atoms with E-state index in [1.54, 1.807) is 0 Å². The number of nitrogens with zero attached hydrogens (tertiary/aromatic N) is 2. The first-order valence-electron chi connectivity index (χ1n) is 8.86. The number of aliphatic imine (C=N–C) groups is 1. The van der Waals surface area contributed by atoms with Crippen LogP contribution < -0.4 is 5.73 Å². The van der Waals surface area contributed by atoms with E-state index in [-0.39, 0.29) is 0 Å². The van der Waals surface area contributed by atoms with Crippen LogP contribution >= 0.6 is 0 Å². The van der Waals surface area contributed by atoms with E-state index in [0.717, 1.165) is 19.0 Å². The Bertz CT molecular complexity index is 328. The van der Waals surface area contributed by atoms with Gasteiger partial charge in [-0.1, -0.05) is 38.5 Å². The number of guanidine groups is 1. The molecule has 3 heteroatoms. The molecule has 1 aliphatic heterocycles. The molecule has 20 heavy (non-hydrogen) atoms. The SMILES string of the molecule is NC(=NC1CCCCC1)N1CCC2(CCCCC2)CC1. The zero-order chi connectivity index (χ0) is 13.8. The van der Waals surface area contributed by atoms with Crippen molar-refractivity contribution in [1.29, 1.82) is 0 Å². The van der Waals surface area contributed by atoms with Crippen LogP contribution in [0.1, 0.15) is 77.0 Å². The third-order valence-electron chi connectivity index (χ3n) is 5.95. The van der Waals surface area contributed by atoms with Crippen LogP contribution in [-0.4, -0.2) is 30.0 Å². The highest BCUT2D eigenvalue weighted by molar-refractivity contribution is 5.78. The number of rotatable bonds is 1. The third-order valence-corrected chi connectivity index (χ3v) is 5.95. The van der Waals surface area contributed by atoms with Crippen molar-refractivity contribution in [3.63, 3.8) is 0 Å². The minimum absolute atomic E-state index is 0.509. The molecule has 0 aromatic carbocycles. The summed E-state index contributed by atoms with van der Waals surface area (Å²) < 4.78 is 0. The van der Waals surface area contributed by atoms with Crippen molar-refractivity contribution in [3.8, 4) is 0 Å². The average Bonchev–Trinajstić information content (AvgIpc) is 2.50. The standard InChI is InChI=1S/C17H31N3/c18-16(19-15-7-3-1-4-8-15)20-13-11-17(12-14-20)9-5-2-6-10-17/h15H,1-14H2,(H2,18,19). The molecule has 0 atom stereocenters. The summed E-state index contributed by atoms with van der Waals surface area (Å²) in [5.41, 5.74) is 6.94. The lowest BCUT2D eigenvalue weighted by atomic mass is 9.68. The van der Waals surface area contributed by atoms with E-state index in [1.807, 2.05) is 0 Å². The van der Waals surface area contributed by atoms with Crippen LogP contribution in [-0.2, 0) is 0 Å². The van der Waals surface area contributed by atoms with E-state index < -0.39 is 0 Å². The first kappa shape index (κ1) is 14.2. The number of hydrogen-bond donors (Lipinski definition) is 1. The molecule has 0 aromatic rings. The summed E-state index contributed by atoms with van der Waals surface area (Å²) >= 11 is 0. The maximum Gasteiger partial charge on any atom is 0.191 e. The molecule has 114 valence electrons. The number of hydrogen-bond acceptors (Lipinski definition) is 1. The van der Waals surface area contributed by atoms with Crippen molar-refractivity contribution in [2.75, 3.05) is 13.1 Å². The number of nitrogens with two attached hydrogens (primary N) is 1. The van der Waals surface area contributed by atoms with Crippen LogP contribution in [0.15, 0.2) is 4.99 Å². The smallest absolute Gasteiger partial charge is 0.191 e. The lowest BCUT2D eigenvalue weighted by Crippen LogP contribution is -2.47. The summed E-state index contributed by atoms with van der Waals surface area (Å²) in [5, 5.41) is 0. The Morgan fingerprint density at radius 1 is 0.850 bits per heavy atom. The van der Waals surface area contributed by atoms with Crippen LogP contribution in [0.2, 0.25) is 0 Å². The largest absolute Gasteiger partial charge is 0.370 e. The highest BCUT2D eigenvalue weighted by Crippen LogP contribution is 2.44. The van der Waals surface area contributed by atoms with Crippen LogP contribution in [0.3, 0.4) is 0 Å². The van der Waals surface area contributed by atoms with Crippen LogP contribution in [0.5, 0.6) is 0 Å². The summed E-state index contributed by atoms with van der Waals surface area (Å²) in [6, 6.07) is 0.509. The van der Waals surface area contributed by atoms with Crippen molar-refractivity contribution in [1.82, 2.24) is 4.90 Å². The predicted molar refractivity (Wildman–Crippen MR) is 84.8 cm³/mol. The van der Waals surface area contributed by atoms with Crippen molar-refractivity contribution >= 4 is 5.96 Å². The van der Waals surface area contributed by atoms with Gasteiger partial charge in [-0.25, -0.2) is 4.99 Å². The van der Waals surface area contributed by atoms with E-state index in [4.69, 9.17) is 10.7 Å². The second-order valence-corrected chi connectivity index (χ2v) is 7.33. The Morgan fingerprint density at radius 2 is 1.45 bits per heavy atom. The van der Waals surface area contributed by atoms with E-state index in [2.05, 4.69) is 4.90 Å². The van der Waals surface area contributed by atoms with Gasteiger partial charge < -0.3 is 10.6 Å². The Kier molecular flexibility index (Phi) is 4.52. The fourth-order valence-electron chi connectivity index (χ4n) is 4.49. The molecule has 3 rings (SSSR count). The number of piperidine rings is 1. The van der Waals surface area contributed by atoms with Gasteiger partial charge in [-0.05, 0) is 43.9 Å². The molecule has 0 unspecified atom stereocenters. The minimum Gasteiger partial charge on any atom is -0.370 e. The first-order valence-corrected chi connectivity index (χ1v) is 8.86. The molecular weight excluding hydrogens is 246 g/mol. The lowest BCUT2D eigenvalue weighted by molar-refractivity contribution is 0.0970. The highest BCUT2D eigenvalue weighted by Gasteiger charge is 2.35. The minimum atomic E-state index is 0.509. The molecule has 0 amide bonds. The Balaban J connectivity index is 1.52. The van der Waals surface area contributed by atoms with Crippen molar-refractivity contribution in [2.24, 2.45) is 16.1 Å². The predicted octanol–water partition coefficient (Wildman–Crippen LogP) is 3.68. The lowest BCUT2D eigenvalue weighted by Gasteiger charge is -2.44. The molecule has 1 spiro atoms. The maximum atomic E-state index is 6.27. The summed E-state index contributed by atoms with van der Waals surface area (Å²) in [7, 11) is 0. The van der Waals surface area contributed by atoms with E-state index >= 15 is 0 Å². The van der Waals surface area contributed by atoms with Crippen molar-refractivity contribution < 1.29 is 0 Å². The third kappa shape index (κ3) is 3.29. The van der Waals surface area contributed by atoms with Gasteiger partial charge in [0.15, 0.2) is 5.96 Å². The second kappa shape index (κ2) is 6.36. The Morgan fingerprint density at radius 3 is 2.10 bits per heavy atom. The first-order chi connectivity index (χ1) is 9.77. The van der Waals surface area contributed by atoms with E-state index in [1.165, 1.54) is 77.0 Å². The van der Waals surface area contributed by atoms with Crippen molar-refractivity contribution in [2.45, 2.75) is 83.1 Å². The van der Waals surface area contributed by atoms with Gasteiger partial charge in [0.2, 0.25) is 0 Å². The topological polar surface area (TPSA) is 41.6 Å². The Hall–Kier alpha value is -0.730. The van der Waals surface area contributed by atoms with Gasteiger partial charge >= 0.3 is 0 Å².